The van der Waals surface area contributed by atoms with Crippen LogP contribution in [0.5, 0.6) is 5.75 Å². The monoisotopic (exact) mass is 469 g/mol. The minimum absolute atomic E-state index is 0.00568. The second kappa shape index (κ2) is 9.62. The van der Waals surface area contributed by atoms with Crippen LogP contribution in [0.1, 0.15) is 43.1 Å². The van der Waals surface area contributed by atoms with Crippen LogP contribution in [0.15, 0.2) is 72.8 Å². The lowest BCUT2D eigenvalue weighted by Gasteiger charge is -2.24. The van der Waals surface area contributed by atoms with E-state index in [2.05, 4.69) is 4.90 Å². The van der Waals surface area contributed by atoms with Crippen molar-refractivity contribution >= 4 is 23.4 Å². The number of ether oxygens (including phenoxy) is 1. The van der Waals surface area contributed by atoms with Gasteiger partial charge in [-0.25, -0.2) is 0 Å². The fourth-order valence-electron chi connectivity index (χ4n) is 4.67. The van der Waals surface area contributed by atoms with Crippen LogP contribution in [0.3, 0.4) is 0 Å². The zero-order valence-corrected chi connectivity index (χ0v) is 19.6. The van der Waals surface area contributed by atoms with Crippen LogP contribution in [0.4, 0.5) is 5.69 Å². The molecule has 1 fully saturated rings. The van der Waals surface area contributed by atoms with Gasteiger partial charge in [0, 0.05) is 37.4 Å². The summed E-state index contributed by atoms with van der Waals surface area (Å²) >= 11 is 0. The van der Waals surface area contributed by atoms with E-state index in [1.54, 1.807) is 43.5 Å². The van der Waals surface area contributed by atoms with Crippen LogP contribution in [-0.2, 0) is 6.54 Å². The Morgan fingerprint density at radius 1 is 0.800 bits per heavy atom. The second-order valence-corrected chi connectivity index (χ2v) is 8.77. The van der Waals surface area contributed by atoms with Crippen LogP contribution in [0, 0.1) is 0 Å². The lowest BCUT2D eigenvalue weighted by Crippen LogP contribution is -2.35. The molecule has 2 heterocycles. The van der Waals surface area contributed by atoms with E-state index in [4.69, 9.17) is 4.74 Å². The zero-order valence-electron chi connectivity index (χ0n) is 19.6. The molecular weight excluding hydrogens is 442 g/mol. The minimum Gasteiger partial charge on any atom is -0.497 e. The summed E-state index contributed by atoms with van der Waals surface area (Å²) in [5.74, 6) is 0.258. The molecule has 178 valence electrons. The number of carbonyl (C=O) groups excluding carboxylic acids is 3. The van der Waals surface area contributed by atoms with Gasteiger partial charge in [0.05, 0.1) is 24.8 Å². The Labute approximate surface area is 204 Å². The molecule has 3 amide bonds. The van der Waals surface area contributed by atoms with Crippen molar-refractivity contribution in [2.24, 2.45) is 0 Å². The average Bonchev–Trinajstić information content (AvgIpc) is 3.06. The van der Waals surface area contributed by atoms with E-state index < -0.39 is 0 Å². The number of fused-ring (bicyclic) bond motifs is 1. The van der Waals surface area contributed by atoms with Gasteiger partial charge in [0.2, 0.25) is 0 Å². The molecule has 7 nitrogen and oxygen atoms in total. The lowest BCUT2D eigenvalue weighted by molar-refractivity contribution is 0.0641. The van der Waals surface area contributed by atoms with E-state index in [9.17, 15) is 14.4 Å². The highest BCUT2D eigenvalue weighted by atomic mass is 16.5. The fourth-order valence-corrected chi connectivity index (χ4v) is 4.67. The van der Waals surface area contributed by atoms with Crippen molar-refractivity contribution in [3.05, 3.63) is 95.1 Å². The summed E-state index contributed by atoms with van der Waals surface area (Å²) in [7, 11) is 1.65. The van der Waals surface area contributed by atoms with Gasteiger partial charge in [-0.05, 0) is 60.5 Å². The lowest BCUT2D eigenvalue weighted by atomic mass is 10.1. The molecule has 2 aliphatic heterocycles. The van der Waals surface area contributed by atoms with E-state index in [1.807, 2.05) is 41.3 Å². The molecule has 3 aromatic carbocycles. The highest BCUT2D eigenvalue weighted by molar-refractivity contribution is 6.21. The first-order chi connectivity index (χ1) is 17.0. The van der Waals surface area contributed by atoms with E-state index in [0.29, 0.717) is 29.8 Å². The molecule has 0 aromatic heterocycles. The topological polar surface area (TPSA) is 70.2 Å². The summed E-state index contributed by atoms with van der Waals surface area (Å²) in [6.07, 6.45) is 0.885. The van der Waals surface area contributed by atoms with Crippen molar-refractivity contribution in [1.82, 2.24) is 9.80 Å². The molecule has 0 spiro atoms. The third-order valence-corrected chi connectivity index (χ3v) is 6.64. The highest BCUT2D eigenvalue weighted by Crippen LogP contribution is 2.25. The van der Waals surface area contributed by atoms with Crippen molar-refractivity contribution in [2.45, 2.75) is 13.0 Å². The first-order valence-electron chi connectivity index (χ1n) is 11.8. The van der Waals surface area contributed by atoms with Gasteiger partial charge in [-0.3, -0.25) is 19.3 Å². The minimum atomic E-state index is -0.281. The number of benzene rings is 3. The van der Waals surface area contributed by atoms with Crippen molar-refractivity contribution in [1.29, 1.82) is 0 Å². The standard InChI is InChI=1S/C28H27N3O4/c1-35-23-13-11-22(12-14-23)29-15-4-16-30(18-17-29)26(32)21-9-7-20(8-10-21)19-31-27(33)24-5-2-3-6-25(24)28(31)34/h2-3,5-14H,4,15-19H2,1H3. The Morgan fingerprint density at radius 3 is 2.09 bits per heavy atom. The largest absolute Gasteiger partial charge is 0.497 e. The van der Waals surface area contributed by atoms with Crippen molar-refractivity contribution in [3.8, 4) is 5.75 Å². The molecule has 7 heteroatoms. The molecule has 0 unspecified atom stereocenters. The molecule has 0 aliphatic carbocycles. The summed E-state index contributed by atoms with van der Waals surface area (Å²) in [6.45, 7) is 3.16. The maximum Gasteiger partial charge on any atom is 0.261 e. The van der Waals surface area contributed by atoms with Crippen LogP contribution >= 0.6 is 0 Å². The van der Waals surface area contributed by atoms with Crippen LogP contribution < -0.4 is 9.64 Å². The zero-order chi connectivity index (χ0) is 24.4. The van der Waals surface area contributed by atoms with Crippen LogP contribution in [-0.4, -0.2) is 60.8 Å². The van der Waals surface area contributed by atoms with Gasteiger partial charge in [0.15, 0.2) is 0 Å². The van der Waals surface area contributed by atoms with Gasteiger partial charge < -0.3 is 14.5 Å². The Hall–Kier alpha value is -4.13. The quantitative estimate of drug-likeness (QED) is 0.531. The number of anilines is 1. The summed E-state index contributed by atoms with van der Waals surface area (Å²) in [4.78, 5) is 43.8. The molecule has 0 bridgehead atoms. The second-order valence-electron chi connectivity index (χ2n) is 8.77. The number of nitrogens with zero attached hydrogens (tertiary/aromatic N) is 3. The smallest absolute Gasteiger partial charge is 0.261 e. The molecule has 5 rings (SSSR count). The molecule has 0 atom stereocenters. The Kier molecular flexibility index (Phi) is 6.23. The Balaban J connectivity index is 1.21. The number of hydrogen-bond acceptors (Lipinski definition) is 5. The Morgan fingerprint density at radius 2 is 1.46 bits per heavy atom. The Bertz CT molecular complexity index is 1220. The van der Waals surface area contributed by atoms with E-state index >= 15 is 0 Å². The molecule has 0 radical (unpaired) electrons. The van der Waals surface area contributed by atoms with E-state index in [0.717, 1.165) is 36.5 Å². The number of rotatable bonds is 5. The van der Waals surface area contributed by atoms with Crippen LogP contribution in [0.25, 0.3) is 0 Å². The van der Waals surface area contributed by atoms with Crippen molar-refractivity contribution < 1.29 is 19.1 Å². The molecule has 1 saturated heterocycles. The van der Waals surface area contributed by atoms with E-state index in [-0.39, 0.29) is 24.3 Å². The van der Waals surface area contributed by atoms with Gasteiger partial charge >= 0.3 is 0 Å². The maximum atomic E-state index is 13.2. The molecule has 0 saturated carbocycles. The van der Waals surface area contributed by atoms with Crippen LogP contribution in [0.2, 0.25) is 0 Å². The predicted octanol–water partition coefficient (Wildman–Crippen LogP) is 3.84. The predicted molar refractivity (Wildman–Crippen MR) is 133 cm³/mol. The van der Waals surface area contributed by atoms with Gasteiger partial charge in [0.25, 0.3) is 17.7 Å². The summed E-state index contributed by atoms with van der Waals surface area (Å²) in [5, 5.41) is 0. The number of imide groups is 1. The maximum absolute atomic E-state index is 13.2. The third kappa shape index (κ3) is 4.49. The van der Waals surface area contributed by atoms with Crippen molar-refractivity contribution in [2.75, 3.05) is 38.2 Å². The van der Waals surface area contributed by atoms with Gasteiger partial charge in [0.1, 0.15) is 5.75 Å². The normalized spacial score (nSPS) is 15.7. The fraction of sp³-hybridized carbons (Fsp3) is 0.250. The number of amides is 3. The summed E-state index contributed by atoms with van der Waals surface area (Å²) in [5.41, 5.74) is 3.41. The molecule has 3 aromatic rings. The summed E-state index contributed by atoms with van der Waals surface area (Å²) < 4.78 is 5.24. The average molecular weight is 470 g/mol. The SMILES string of the molecule is COc1ccc(N2CCCN(C(=O)c3ccc(CN4C(=O)c5ccccc5C4=O)cc3)CC2)cc1. The summed E-state index contributed by atoms with van der Waals surface area (Å²) in [6, 6.07) is 22.1. The number of carbonyl (C=O) groups is 3. The molecule has 0 N–H and O–H groups in total. The molecule has 2 aliphatic rings. The number of hydrogen-bond donors (Lipinski definition) is 0. The van der Waals surface area contributed by atoms with Gasteiger partial charge in [-0.1, -0.05) is 24.3 Å². The molecular formula is C28H27N3O4. The third-order valence-electron chi connectivity index (χ3n) is 6.64. The molecule has 35 heavy (non-hydrogen) atoms. The highest BCUT2D eigenvalue weighted by Gasteiger charge is 2.35. The van der Waals surface area contributed by atoms with Gasteiger partial charge in [-0.15, -0.1) is 0 Å². The first kappa shape index (κ1) is 22.7. The van der Waals surface area contributed by atoms with E-state index in [1.165, 1.54) is 4.90 Å². The first-order valence-corrected chi connectivity index (χ1v) is 11.8. The number of methoxy groups -OCH3 is 1. The van der Waals surface area contributed by atoms with Crippen molar-refractivity contribution in [3.63, 3.8) is 0 Å². The van der Waals surface area contributed by atoms with Gasteiger partial charge in [-0.2, -0.15) is 0 Å².